The van der Waals surface area contributed by atoms with E-state index in [1.807, 2.05) is 0 Å². The molecule has 0 saturated heterocycles. The highest BCUT2D eigenvalue weighted by Gasteiger charge is 2.20. The Balaban J connectivity index is 1.76. The Morgan fingerprint density at radius 3 is 1.76 bits per heavy atom. The summed E-state index contributed by atoms with van der Waals surface area (Å²) in [6, 6.07) is 28.9. The molecule has 37 heavy (non-hydrogen) atoms. The summed E-state index contributed by atoms with van der Waals surface area (Å²) in [6.45, 7) is 9.68. The van der Waals surface area contributed by atoms with Gasteiger partial charge in [0.05, 0.1) is 6.61 Å². The standard InChI is InChI=1S/C35H37OP/c1-5-6-7-12-20-36-31-19-13-18-30(35(31)37)33-26-14-8-10-16-28(26)34(29-17-11-9-15-27(29)33)32-24(3)21-23(2)22-25(32)4/h8-11,13-19,21-22H,5-7,12,20,37H2,1-4H3. The fourth-order valence-corrected chi connectivity index (χ4v) is 6.28. The third kappa shape index (κ3) is 4.90. The van der Waals surface area contributed by atoms with Crippen LogP contribution in [0.25, 0.3) is 43.8 Å². The zero-order valence-corrected chi connectivity index (χ0v) is 23.7. The molecule has 0 radical (unpaired) electrons. The monoisotopic (exact) mass is 504 g/mol. The molecule has 0 aliphatic heterocycles. The van der Waals surface area contributed by atoms with Crippen LogP contribution in [0.3, 0.4) is 0 Å². The minimum atomic E-state index is 0.761. The fraction of sp³-hybridized carbons (Fsp3) is 0.257. The average Bonchev–Trinajstić information content (AvgIpc) is 2.89. The van der Waals surface area contributed by atoms with Crippen molar-refractivity contribution in [3.63, 3.8) is 0 Å². The maximum Gasteiger partial charge on any atom is 0.127 e. The van der Waals surface area contributed by atoms with Gasteiger partial charge in [-0.15, -0.1) is 9.24 Å². The molecule has 1 atom stereocenters. The number of ether oxygens (including phenoxy) is 1. The fourth-order valence-electron chi connectivity index (χ4n) is 5.86. The van der Waals surface area contributed by atoms with Crippen molar-refractivity contribution >= 4 is 36.1 Å². The molecule has 5 aromatic carbocycles. The average molecular weight is 505 g/mol. The molecule has 5 rings (SSSR count). The highest BCUT2D eigenvalue weighted by Crippen LogP contribution is 2.45. The first-order chi connectivity index (χ1) is 18.0. The molecule has 1 nitrogen and oxygen atoms in total. The SMILES string of the molecule is CCCCCCOc1cccc(-c2c3ccccc3c(-c3c(C)cc(C)cc3C)c3ccccc23)c1P. The lowest BCUT2D eigenvalue weighted by Gasteiger charge is -2.21. The van der Waals surface area contributed by atoms with E-state index in [0.717, 1.165) is 24.1 Å². The number of aryl methyl sites for hydroxylation is 3. The van der Waals surface area contributed by atoms with Crippen LogP contribution in [0.2, 0.25) is 0 Å². The molecule has 0 saturated carbocycles. The molecule has 0 bridgehead atoms. The topological polar surface area (TPSA) is 9.23 Å². The maximum absolute atomic E-state index is 6.28. The van der Waals surface area contributed by atoms with E-state index in [0.29, 0.717) is 0 Å². The van der Waals surface area contributed by atoms with Gasteiger partial charge >= 0.3 is 0 Å². The van der Waals surface area contributed by atoms with E-state index in [1.165, 1.54) is 79.8 Å². The van der Waals surface area contributed by atoms with Gasteiger partial charge < -0.3 is 4.74 Å². The molecule has 1 unspecified atom stereocenters. The number of fused-ring (bicyclic) bond motifs is 2. The van der Waals surface area contributed by atoms with Crippen LogP contribution in [0, 0.1) is 20.8 Å². The van der Waals surface area contributed by atoms with Crippen molar-refractivity contribution in [1.29, 1.82) is 0 Å². The number of hydrogen-bond donors (Lipinski definition) is 0. The van der Waals surface area contributed by atoms with Gasteiger partial charge in [0.25, 0.3) is 0 Å². The van der Waals surface area contributed by atoms with Crippen molar-refractivity contribution in [2.75, 3.05) is 6.61 Å². The lowest BCUT2D eigenvalue weighted by Crippen LogP contribution is -2.07. The summed E-state index contributed by atoms with van der Waals surface area (Å²) in [5.74, 6) is 0.960. The molecule has 0 N–H and O–H groups in total. The molecule has 0 fully saturated rings. The Morgan fingerprint density at radius 2 is 1.19 bits per heavy atom. The van der Waals surface area contributed by atoms with E-state index in [-0.39, 0.29) is 0 Å². The molecule has 0 spiro atoms. The number of hydrogen-bond acceptors (Lipinski definition) is 1. The van der Waals surface area contributed by atoms with Crippen molar-refractivity contribution < 1.29 is 4.74 Å². The van der Waals surface area contributed by atoms with Gasteiger partial charge in [0.15, 0.2) is 0 Å². The number of benzene rings is 5. The zero-order chi connectivity index (χ0) is 25.9. The third-order valence-corrected chi connectivity index (χ3v) is 8.04. The van der Waals surface area contributed by atoms with Crippen molar-refractivity contribution in [3.8, 4) is 28.0 Å². The zero-order valence-electron chi connectivity index (χ0n) is 22.5. The van der Waals surface area contributed by atoms with Crippen molar-refractivity contribution in [3.05, 3.63) is 95.6 Å². The van der Waals surface area contributed by atoms with Crippen LogP contribution in [0.4, 0.5) is 0 Å². The molecule has 2 heteroatoms. The molecule has 0 amide bonds. The Bertz CT molecular complexity index is 1500. The molecule has 0 aliphatic carbocycles. The van der Waals surface area contributed by atoms with Gasteiger partial charge in [0.1, 0.15) is 5.75 Å². The normalized spacial score (nSPS) is 11.4. The van der Waals surface area contributed by atoms with E-state index in [9.17, 15) is 0 Å². The summed E-state index contributed by atoms with van der Waals surface area (Å²) >= 11 is 0. The molecular formula is C35H37OP. The van der Waals surface area contributed by atoms with Gasteiger partial charge in [-0.05, 0) is 88.2 Å². The smallest absolute Gasteiger partial charge is 0.127 e. The van der Waals surface area contributed by atoms with E-state index in [4.69, 9.17) is 4.74 Å². The second-order valence-electron chi connectivity index (χ2n) is 10.2. The summed E-state index contributed by atoms with van der Waals surface area (Å²) in [6.07, 6.45) is 4.82. The van der Waals surface area contributed by atoms with Crippen molar-refractivity contribution in [1.82, 2.24) is 0 Å². The Labute approximate surface area is 224 Å². The van der Waals surface area contributed by atoms with E-state index < -0.39 is 0 Å². The third-order valence-electron chi connectivity index (χ3n) is 7.45. The Kier molecular flexibility index (Phi) is 7.63. The van der Waals surface area contributed by atoms with Crippen LogP contribution in [-0.4, -0.2) is 6.61 Å². The van der Waals surface area contributed by atoms with Gasteiger partial charge in [-0.3, -0.25) is 0 Å². The predicted octanol–water partition coefficient (Wildman–Crippen LogP) is 9.71. The maximum atomic E-state index is 6.28. The molecule has 0 aromatic heterocycles. The van der Waals surface area contributed by atoms with Crippen molar-refractivity contribution in [2.24, 2.45) is 0 Å². The van der Waals surface area contributed by atoms with E-state index in [2.05, 4.69) is 116 Å². The molecule has 0 heterocycles. The van der Waals surface area contributed by atoms with E-state index >= 15 is 0 Å². The summed E-state index contributed by atoms with van der Waals surface area (Å²) in [5.41, 5.74) is 9.13. The van der Waals surface area contributed by atoms with Crippen molar-refractivity contribution in [2.45, 2.75) is 53.4 Å². The van der Waals surface area contributed by atoms with Crippen LogP contribution in [-0.2, 0) is 0 Å². The lowest BCUT2D eigenvalue weighted by atomic mass is 9.83. The Hall–Kier alpha value is -3.15. The Morgan fingerprint density at radius 1 is 0.622 bits per heavy atom. The first-order valence-electron chi connectivity index (χ1n) is 13.5. The molecular weight excluding hydrogens is 467 g/mol. The van der Waals surface area contributed by atoms with Crippen LogP contribution < -0.4 is 10.0 Å². The van der Waals surface area contributed by atoms with Gasteiger partial charge in [0, 0.05) is 5.30 Å². The molecule has 0 aliphatic rings. The largest absolute Gasteiger partial charge is 0.493 e. The van der Waals surface area contributed by atoms with Crippen LogP contribution in [0.1, 0.15) is 49.3 Å². The minimum absolute atomic E-state index is 0.761. The second-order valence-corrected chi connectivity index (χ2v) is 10.8. The highest BCUT2D eigenvalue weighted by atomic mass is 31.0. The predicted molar refractivity (Wildman–Crippen MR) is 166 cm³/mol. The number of rotatable bonds is 8. The summed E-state index contributed by atoms with van der Waals surface area (Å²) in [7, 11) is 2.98. The lowest BCUT2D eigenvalue weighted by molar-refractivity contribution is 0.307. The van der Waals surface area contributed by atoms with E-state index in [1.54, 1.807) is 0 Å². The van der Waals surface area contributed by atoms with Gasteiger partial charge in [0.2, 0.25) is 0 Å². The summed E-state index contributed by atoms with van der Waals surface area (Å²) in [4.78, 5) is 0. The molecule has 188 valence electrons. The first kappa shape index (κ1) is 25.5. The highest BCUT2D eigenvalue weighted by molar-refractivity contribution is 7.28. The summed E-state index contributed by atoms with van der Waals surface area (Å²) in [5, 5.41) is 6.27. The number of unbranched alkanes of at least 4 members (excludes halogenated alkanes) is 3. The molecule has 5 aromatic rings. The summed E-state index contributed by atoms with van der Waals surface area (Å²) < 4.78 is 6.28. The van der Waals surface area contributed by atoms with Crippen LogP contribution >= 0.6 is 9.24 Å². The van der Waals surface area contributed by atoms with Gasteiger partial charge in [-0.2, -0.15) is 0 Å². The van der Waals surface area contributed by atoms with Gasteiger partial charge in [-0.25, -0.2) is 0 Å². The minimum Gasteiger partial charge on any atom is -0.493 e. The van der Waals surface area contributed by atoms with Crippen LogP contribution in [0.15, 0.2) is 78.9 Å². The first-order valence-corrected chi connectivity index (χ1v) is 14.1. The van der Waals surface area contributed by atoms with Crippen LogP contribution in [0.5, 0.6) is 5.75 Å². The van der Waals surface area contributed by atoms with Gasteiger partial charge in [-0.1, -0.05) is 105 Å². The quantitative estimate of drug-likeness (QED) is 0.116. The second kappa shape index (κ2) is 11.1.